The second-order valence-corrected chi connectivity index (χ2v) is 6.06. The maximum absolute atomic E-state index is 12.3. The first-order valence-electron chi connectivity index (χ1n) is 7.65. The summed E-state index contributed by atoms with van der Waals surface area (Å²) in [7, 11) is 1.40. The number of para-hydroxylation sites is 1. The number of hydrogen-bond donors (Lipinski definition) is 2. The topological polar surface area (TPSA) is 109 Å². The molecule has 0 atom stereocenters. The lowest BCUT2D eigenvalue weighted by molar-refractivity contribution is -0.139. The molecule has 0 saturated heterocycles. The second kappa shape index (κ2) is 9.40. The highest BCUT2D eigenvalue weighted by atomic mass is 79.9. The molecule has 0 radical (unpaired) electrons. The Morgan fingerprint density at radius 3 is 2.59 bits per heavy atom. The van der Waals surface area contributed by atoms with Gasteiger partial charge in [-0.15, -0.1) is 0 Å². The molecular formula is C19H15BrN2O5. The van der Waals surface area contributed by atoms with E-state index in [4.69, 9.17) is 14.6 Å². The molecule has 2 aromatic carbocycles. The second-order valence-electron chi connectivity index (χ2n) is 5.21. The molecule has 138 valence electrons. The van der Waals surface area contributed by atoms with Gasteiger partial charge in [0.25, 0.3) is 5.91 Å². The minimum atomic E-state index is -1.13. The van der Waals surface area contributed by atoms with Crippen LogP contribution in [0, 0.1) is 11.3 Å². The Balaban J connectivity index is 2.29. The summed E-state index contributed by atoms with van der Waals surface area (Å²) in [6, 6.07) is 13.8. The van der Waals surface area contributed by atoms with Crippen LogP contribution in [0.1, 0.15) is 5.56 Å². The van der Waals surface area contributed by atoms with Crippen molar-refractivity contribution >= 4 is 39.6 Å². The van der Waals surface area contributed by atoms with Gasteiger partial charge in [-0.3, -0.25) is 4.79 Å². The van der Waals surface area contributed by atoms with E-state index in [1.807, 2.05) is 12.1 Å². The van der Waals surface area contributed by atoms with Crippen molar-refractivity contribution < 1.29 is 24.2 Å². The lowest BCUT2D eigenvalue weighted by Crippen LogP contribution is -2.13. The van der Waals surface area contributed by atoms with Gasteiger partial charge in [0.05, 0.1) is 11.6 Å². The molecule has 2 aromatic rings. The third-order valence-electron chi connectivity index (χ3n) is 3.30. The van der Waals surface area contributed by atoms with E-state index < -0.39 is 18.5 Å². The molecule has 0 aliphatic heterocycles. The number of ether oxygens (including phenoxy) is 2. The van der Waals surface area contributed by atoms with E-state index in [1.54, 1.807) is 30.3 Å². The average molecular weight is 431 g/mol. The van der Waals surface area contributed by atoms with Crippen molar-refractivity contribution in [1.29, 1.82) is 5.26 Å². The Bertz CT molecular complexity index is 920. The smallest absolute Gasteiger partial charge is 0.341 e. The first-order valence-corrected chi connectivity index (χ1v) is 8.44. The van der Waals surface area contributed by atoms with Gasteiger partial charge in [0.1, 0.15) is 11.6 Å². The van der Waals surface area contributed by atoms with E-state index in [9.17, 15) is 14.9 Å². The summed E-state index contributed by atoms with van der Waals surface area (Å²) in [6.45, 7) is -0.535. The maximum atomic E-state index is 12.3. The van der Waals surface area contributed by atoms with Crippen LogP contribution in [0.5, 0.6) is 11.5 Å². The number of carbonyl (C=O) groups is 2. The number of carbonyl (C=O) groups excluding carboxylic acids is 1. The number of methoxy groups -OCH3 is 1. The van der Waals surface area contributed by atoms with E-state index in [2.05, 4.69) is 21.2 Å². The van der Waals surface area contributed by atoms with Crippen LogP contribution in [0.4, 0.5) is 5.69 Å². The van der Waals surface area contributed by atoms with E-state index in [1.165, 1.54) is 19.3 Å². The first-order chi connectivity index (χ1) is 12.9. The first kappa shape index (κ1) is 20.0. The molecule has 27 heavy (non-hydrogen) atoms. The van der Waals surface area contributed by atoms with Crippen molar-refractivity contribution in [3.8, 4) is 17.6 Å². The largest absolute Gasteiger partial charge is 0.493 e. The summed E-state index contributed by atoms with van der Waals surface area (Å²) in [5.74, 6) is -1.20. The zero-order valence-corrected chi connectivity index (χ0v) is 15.8. The van der Waals surface area contributed by atoms with Crippen LogP contribution < -0.4 is 14.8 Å². The Hall–Kier alpha value is -3.31. The highest BCUT2D eigenvalue weighted by Gasteiger charge is 2.15. The zero-order chi connectivity index (χ0) is 19.8. The van der Waals surface area contributed by atoms with Crippen LogP contribution in [0.3, 0.4) is 0 Å². The zero-order valence-electron chi connectivity index (χ0n) is 14.2. The summed E-state index contributed by atoms with van der Waals surface area (Å²) in [5, 5.41) is 20.7. The third-order valence-corrected chi connectivity index (χ3v) is 3.89. The van der Waals surface area contributed by atoms with Gasteiger partial charge in [-0.05, 0) is 51.8 Å². The van der Waals surface area contributed by atoms with Gasteiger partial charge < -0.3 is 19.9 Å². The van der Waals surface area contributed by atoms with E-state index in [0.717, 1.165) is 0 Å². The van der Waals surface area contributed by atoms with Gasteiger partial charge in [-0.2, -0.15) is 5.26 Å². The number of carboxylic acids is 1. The number of carboxylic acid groups (broad SMARTS) is 1. The lowest BCUT2D eigenvalue weighted by atomic mass is 10.1. The predicted octanol–water partition coefficient (Wildman–Crippen LogP) is 3.47. The summed E-state index contributed by atoms with van der Waals surface area (Å²) in [5.41, 5.74) is 0.966. The van der Waals surface area contributed by atoms with Crippen LogP contribution in [-0.2, 0) is 9.59 Å². The number of nitrogens with one attached hydrogen (secondary N) is 1. The van der Waals surface area contributed by atoms with Crippen molar-refractivity contribution in [2.45, 2.75) is 0 Å². The van der Waals surface area contributed by atoms with Crippen molar-refractivity contribution in [2.75, 3.05) is 19.0 Å². The number of halogens is 1. The summed E-state index contributed by atoms with van der Waals surface area (Å²) in [4.78, 5) is 23.0. The van der Waals surface area contributed by atoms with Gasteiger partial charge in [0.15, 0.2) is 18.1 Å². The molecule has 2 N–H and O–H groups in total. The highest BCUT2D eigenvalue weighted by Crippen LogP contribution is 2.37. The molecule has 0 saturated carbocycles. The standard InChI is InChI=1S/C19H15BrN2O5/c1-26-16-9-12(8-15(20)18(16)27-11-17(23)24)7-13(10-21)19(25)22-14-5-3-2-4-6-14/h2-9H,11H2,1H3,(H,22,25)(H,23,24)/b13-7-. The molecule has 7 nitrogen and oxygen atoms in total. The highest BCUT2D eigenvalue weighted by molar-refractivity contribution is 9.10. The number of amides is 1. The van der Waals surface area contributed by atoms with E-state index in [0.29, 0.717) is 15.7 Å². The molecule has 0 unspecified atom stereocenters. The Labute approximate surface area is 164 Å². The van der Waals surface area contributed by atoms with Crippen LogP contribution in [-0.4, -0.2) is 30.7 Å². The molecule has 0 aliphatic rings. The van der Waals surface area contributed by atoms with Gasteiger partial charge >= 0.3 is 5.97 Å². The van der Waals surface area contributed by atoms with Crippen LogP contribution in [0.25, 0.3) is 6.08 Å². The maximum Gasteiger partial charge on any atom is 0.341 e. The molecule has 8 heteroatoms. The molecule has 0 fully saturated rings. The van der Waals surface area contributed by atoms with Crippen LogP contribution in [0.15, 0.2) is 52.5 Å². The van der Waals surface area contributed by atoms with Crippen molar-refractivity contribution in [3.63, 3.8) is 0 Å². The average Bonchev–Trinajstić information content (AvgIpc) is 2.65. The van der Waals surface area contributed by atoms with Gasteiger partial charge in [0, 0.05) is 5.69 Å². The minimum Gasteiger partial charge on any atom is -0.493 e. The molecular weight excluding hydrogens is 416 g/mol. The summed E-state index contributed by atoms with van der Waals surface area (Å²) < 4.78 is 10.8. The third kappa shape index (κ3) is 5.59. The number of aliphatic carboxylic acids is 1. The molecule has 0 aliphatic carbocycles. The van der Waals surface area contributed by atoms with Gasteiger partial charge in [0.2, 0.25) is 0 Å². The number of hydrogen-bond acceptors (Lipinski definition) is 5. The van der Waals surface area contributed by atoms with E-state index in [-0.39, 0.29) is 17.1 Å². The minimum absolute atomic E-state index is 0.105. The molecule has 2 rings (SSSR count). The summed E-state index contributed by atoms with van der Waals surface area (Å²) in [6.07, 6.45) is 1.40. The van der Waals surface area contributed by atoms with E-state index >= 15 is 0 Å². The van der Waals surface area contributed by atoms with Crippen LogP contribution >= 0.6 is 15.9 Å². The Morgan fingerprint density at radius 2 is 2.00 bits per heavy atom. The molecule has 1 amide bonds. The quantitative estimate of drug-likeness (QED) is 0.514. The van der Waals surface area contributed by atoms with Crippen molar-refractivity contribution in [2.24, 2.45) is 0 Å². The lowest BCUT2D eigenvalue weighted by Gasteiger charge is -2.12. The van der Waals surface area contributed by atoms with Gasteiger partial charge in [-0.25, -0.2) is 4.79 Å². The Morgan fingerprint density at radius 1 is 1.30 bits per heavy atom. The fraction of sp³-hybridized carbons (Fsp3) is 0.105. The number of benzene rings is 2. The molecule has 0 heterocycles. The molecule has 0 spiro atoms. The van der Waals surface area contributed by atoms with Crippen molar-refractivity contribution in [1.82, 2.24) is 0 Å². The normalized spacial score (nSPS) is 10.6. The van der Waals surface area contributed by atoms with Crippen LogP contribution in [0.2, 0.25) is 0 Å². The monoisotopic (exact) mass is 430 g/mol. The predicted molar refractivity (Wildman–Crippen MR) is 102 cm³/mol. The number of nitrogens with zero attached hydrogens (tertiary/aromatic N) is 1. The number of anilines is 1. The number of rotatable bonds is 7. The number of nitriles is 1. The molecule has 0 aromatic heterocycles. The fourth-order valence-electron chi connectivity index (χ4n) is 2.13. The Kier molecular flexibility index (Phi) is 6.97. The molecule has 0 bridgehead atoms. The SMILES string of the molecule is COc1cc(/C=C(/C#N)C(=O)Nc2ccccc2)cc(Br)c1OCC(=O)O. The van der Waals surface area contributed by atoms with Gasteiger partial charge in [-0.1, -0.05) is 18.2 Å². The fourth-order valence-corrected chi connectivity index (χ4v) is 2.71. The summed E-state index contributed by atoms with van der Waals surface area (Å²) >= 11 is 3.28. The van der Waals surface area contributed by atoms with Crippen molar-refractivity contribution in [3.05, 3.63) is 58.1 Å².